The highest BCUT2D eigenvalue weighted by molar-refractivity contribution is 14.0. The average molecular weight is 534 g/mol. The molecular weight excluding hydrogens is 505 g/mol. The summed E-state index contributed by atoms with van der Waals surface area (Å²) in [5, 5.41) is 6.38. The predicted molar refractivity (Wildman–Crippen MR) is 125 cm³/mol. The molecule has 0 atom stereocenters. The number of halogens is 3. The van der Waals surface area contributed by atoms with Crippen molar-refractivity contribution in [2.24, 2.45) is 4.99 Å². The normalized spacial score (nSPS) is 11.0. The second kappa shape index (κ2) is 14.8. The van der Waals surface area contributed by atoms with E-state index in [1.165, 1.54) is 6.07 Å². The van der Waals surface area contributed by atoms with Crippen molar-refractivity contribution in [3.05, 3.63) is 53.9 Å². The highest BCUT2D eigenvalue weighted by atomic mass is 127. The molecule has 0 unspecified atom stereocenters. The van der Waals surface area contributed by atoms with E-state index in [2.05, 4.69) is 25.3 Å². The van der Waals surface area contributed by atoms with Crippen LogP contribution in [-0.4, -0.2) is 37.3 Å². The molecule has 1 aromatic carbocycles. The van der Waals surface area contributed by atoms with E-state index < -0.39 is 6.61 Å². The van der Waals surface area contributed by atoms with Crippen LogP contribution in [0.1, 0.15) is 31.4 Å². The lowest BCUT2D eigenvalue weighted by atomic mass is 10.2. The number of alkyl halides is 2. The summed E-state index contributed by atoms with van der Waals surface area (Å²) in [6, 6.07) is 8.82. The molecule has 6 nitrogen and oxygen atoms in total. The zero-order valence-corrected chi connectivity index (χ0v) is 19.6. The first kappa shape index (κ1) is 25.9. The predicted octanol–water partition coefficient (Wildman–Crippen LogP) is 4.39. The molecule has 0 bridgehead atoms. The summed E-state index contributed by atoms with van der Waals surface area (Å²) in [7, 11) is 0. The number of rotatable bonds is 11. The van der Waals surface area contributed by atoms with Crippen LogP contribution in [0, 0.1) is 0 Å². The van der Waals surface area contributed by atoms with Crippen LogP contribution in [-0.2, 0) is 13.0 Å². The highest BCUT2D eigenvalue weighted by Crippen LogP contribution is 2.27. The number of aromatic nitrogens is 1. The van der Waals surface area contributed by atoms with Gasteiger partial charge in [0.1, 0.15) is 11.5 Å². The largest absolute Gasteiger partial charge is 0.493 e. The van der Waals surface area contributed by atoms with Gasteiger partial charge in [0, 0.05) is 37.1 Å². The van der Waals surface area contributed by atoms with Crippen molar-refractivity contribution in [1.29, 1.82) is 0 Å². The maximum atomic E-state index is 12.8. The van der Waals surface area contributed by atoms with E-state index >= 15 is 0 Å². The smallest absolute Gasteiger partial charge is 0.387 e. The van der Waals surface area contributed by atoms with E-state index in [4.69, 9.17) is 4.74 Å². The van der Waals surface area contributed by atoms with Crippen molar-refractivity contribution in [2.45, 2.75) is 39.8 Å². The Labute approximate surface area is 193 Å². The topological polar surface area (TPSA) is 67.8 Å². The molecule has 9 heteroatoms. The summed E-state index contributed by atoms with van der Waals surface area (Å²) in [6.45, 7) is 3.08. The van der Waals surface area contributed by atoms with Gasteiger partial charge >= 0.3 is 6.61 Å². The third-order valence-electron chi connectivity index (χ3n) is 3.91. The number of nitrogens with zero attached hydrogens (tertiary/aromatic N) is 2. The maximum Gasteiger partial charge on any atom is 0.387 e. The van der Waals surface area contributed by atoms with Crippen LogP contribution in [0.15, 0.2) is 47.7 Å². The number of pyridine rings is 1. The lowest BCUT2D eigenvalue weighted by Gasteiger charge is -2.14. The minimum absolute atomic E-state index is 0. The summed E-state index contributed by atoms with van der Waals surface area (Å²) in [5.74, 6) is 1.17. The number of hydrogen-bond acceptors (Lipinski definition) is 4. The van der Waals surface area contributed by atoms with Gasteiger partial charge in [-0.05, 0) is 43.5 Å². The summed E-state index contributed by atoms with van der Waals surface area (Å²) >= 11 is 0. The summed E-state index contributed by atoms with van der Waals surface area (Å²) in [5.41, 5.74) is 1.67. The van der Waals surface area contributed by atoms with Gasteiger partial charge in [0.05, 0.1) is 13.2 Å². The Bertz CT molecular complexity index is 764. The molecule has 0 radical (unpaired) electrons. The molecule has 0 fully saturated rings. The van der Waals surface area contributed by atoms with Gasteiger partial charge in [-0.15, -0.1) is 24.0 Å². The number of ether oxygens (including phenoxy) is 2. The second-order valence-electron chi connectivity index (χ2n) is 6.23. The fourth-order valence-electron chi connectivity index (χ4n) is 2.56. The number of hydrogen-bond donors (Lipinski definition) is 2. The minimum atomic E-state index is -2.91. The van der Waals surface area contributed by atoms with Gasteiger partial charge in [-0.2, -0.15) is 8.78 Å². The Balaban J connectivity index is 0.00000450. The monoisotopic (exact) mass is 534 g/mol. The molecule has 1 aromatic heterocycles. The Hall–Kier alpha value is -2.17. The third kappa shape index (κ3) is 9.55. The number of aliphatic imine (C=N–C) groups is 1. The van der Waals surface area contributed by atoms with Crippen LogP contribution in [0.4, 0.5) is 8.78 Å². The van der Waals surface area contributed by atoms with Crippen molar-refractivity contribution >= 4 is 29.9 Å². The molecule has 2 N–H and O–H groups in total. The van der Waals surface area contributed by atoms with Gasteiger partial charge < -0.3 is 20.1 Å². The standard InChI is InChI=1S/C21H28F2N4O2.HI/c1-3-12-28-18-8-7-17(19(13-18)29-20(22)23)15-27-21(25-4-2)26-11-9-16-6-5-10-24-14-16;/h5-8,10,13-14,20H,3-4,9,11-12,15H2,1-2H3,(H2,25,26,27);1H. The van der Waals surface area contributed by atoms with E-state index in [9.17, 15) is 8.78 Å². The average Bonchev–Trinajstić information content (AvgIpc) is 2.71. The summed E-state index contributed by atoms with van der Waals surface area (Å²) < 4.78 is 35.8. The molecule has 1 heterocycles. The molecule has 30 heavy (non-hydrogen) atoms. The van der Waals surface area contributed by atoms with Gasteiger partial charge in [-0.25, -0.2) is 4.99 Å². The van der Waals surface area contributed by atoms with Crippen LogP contribution < -0.4 is 20.1 Å². The van der Waals surface area contributed by atoms with E-state index in [0.29, 0.717) is 37.0 Å². The Morgan fingerprint density at radius 3 is 2.70 bits per heavy atom. The molecule has 0 saturated carbocycles. The molecule has 2 aromatic rings. The molecule has 0 saturated heterocycles. The van der Waals surface area contributed by atoms with E-state index in [-0.39, 0.29) is 36.3 Å². The van der Waals surface area contributed by atoms with Crippen molar-refractivity contribution in [3.8, 4) is 11.5 Å². The first-order chi connectivity index (χ1) is 14.1. The molecule has 0 aliphatic rings. The van der Waals surface area contributed by atoms with Gasteiger partial charge in [-0.1, -0.05) is 13.0 Å². The van der Waals surface area contributed by atoms with Crippen LogP contribution in [0.2, 0.25) is 0 Å². The van der Waals surface area contributed by atoms with Gasteiger partial charge in [0.25, 0.3) is 0 Å². The summed E-state index contributed by atoms with van der Waals surface area (Å²) in [4.78, 5) is 8.58. The van der Waals surface area contributed by atoms with Crippen LogP contribution in [0.5, 0.6) is 11.5 Å². The van der Waals surface area contributed by atoms with E-state index in [0.717, 1.165) is 18.4 Å². The van der Waals surface area contributed by atoms with Crippen molar-refractivity contribution in [1.82, 2.24) is 15.6 Å². The highest BCUT2D eigenvalue weighted by Gasteiger charge is 2.12. The minimum Gasteiger partial charge on any atom is -0.493 e. The quantitative estimate of drug-likeness (QED) is 0.255. The van der Waals surface area contributed by atoms with Crippen molar-refractivity contribution < 1.29 is 18.3 Å². The maximum absolute atomic E-state index is 12.8. The van der Waals surface area contributed by atoms with E-state index in [1.54, 1.807) is 18.3 Å². The second-order valence-corrected chi connectivity index (χ2v) is 6.23. The fraction of sp³-hybridized carbons (Fsp3) is 0.429. The molecular formula is C21H29F2IN4O2. The number of nitrogens with one attached hydrogen (secondary N) is 2. The molecule has 0 aliphatic heterocycles. The van der Waals surface area contributed by atoms with E-state index in [1.807, 2.05) is 32.2 Å². The van der Waals surface area contributed by atoms with Gasteiger partial charge in [-0.3, -0.25) is 4.98 Å². The van der Waals surface area contributed by atoms with Crippen molar-refractivity contribution in [3.63, 3.8) is 0 Å². The molecule has 0 spiro atoms. The Morgan fingerprint density at radius 2 is 2.03 bits per heavy atom. The molecule has 2 rings (SSSR count). The zero-order valence-electron chi connectivity index (χ0n) is 17.2. The molecule has 0 aliphatic carbocycles. The van der Waals surface area contributed by atoms with Crippen LogP contribution >= 0.6 is 24.0 Å². The molecule has 0 amide bonds. The Kier molecular flexibility index (Phi) is 12.7. The van der Waals surface area contributed by atoms with Gasteiger partial charge in [0.2, 0.25) is 0 Å². The lowest BCUT2D eigenvalue weighted by Crippen LogP contribution is -2.38. The number of benzene rings is 1. The van der Waals surface area contributed by atoms with Crippen molar-refractivity contribution in [2.75, 3.05) is 19.7 Å². The SMILES string of the molecule is CCCOc1ccc(CN=C(NCC)NCCc2cccnc2)c(OC(F)F)c1.I. The third-order valence-corrected chi connectivity index (χ3v) is 3.91. The lowest BCUT2D eigenvalue weighted by molar-refractivity contribution is -0.0505. The van der Waals surface area contributed by atoms with Crippen LogP contribution in [0.25, 0.3) is 0 Å². The van der Waals surface area contributed by atoms with Gasteiger partial charge in [0.15, 0.2) is 5.96 Å². The van der Waals surface area contributed by atoms with Crippen LogP contribution in [0.3, 0.4) is 0 Å². The number of guanidine groups is 1. The fourth-order valence-corrected chi connectivity index (χ4v) is 2.56. The first-order valence-corrected chi connectivity index (χ1v) is 9.74. The summed E-state index contributed by atoms with van der Waals surface area (Å²) in [6.07, 6.45) is 5.18. The molecule has 166 valence electrons. The first-order valence-electron chi connectivity index (χ1n) is 9.74. The Morgan fingerprint density at radius 1 is 1.20 bits per heavy atom. The zero-order chi connectivity index (χ0) is 20.9.